The van der Waals surface area contributed by atoms with Gasteiger partial charge in [0.25, 0.3) is 11.5 Å². The summed E-state index contributed by atoms with van der Waals surface area (Å²) in [6.45, 7) is 0.115. The molecule has 1 spiro atoms. The molecule has 0 aromatic heterocycles. The Bertz CT molecular complexity index is 1190. The fourth-order valence-corrected chi connectivity index (χ4v) is 6.06. The maximum atomic E-state index is 14.7. The predicted molar refractivity (Wildman–Crippen MR) is 125 cm³/mol. The first-order chi connectivity index (χ1) is 17.6. The van der Waals surface area contributed by atoms with Crippen molar-refractivity contribution >= 4 is 12.0 Å². The van der Waals surface area contributed by atoms with Gasteiger partial charge in [-0.3, -0.25) is 4.79 Å². The molecule has 0 radical (unpaired) electrons. The molecule has 10 heteroatoms. The number of ether oxygens (including phenoxy) is 2. The summed E-state index contributed by atoms with van der Waals surface area (Å²) in [5.74, 6) is -1.95. The van der Waals surface area contributed by atoms with Crippen LogP contribution in [0.2, 0.25) is 0 Å². The molecule has 2 fully saturated rings. The minimum Gasteiger partial charge on any atom is -0.442 e. The minimum absolute atomic E-state index is 0.0596. The number of aryl methyl sites for hydroxylation is 2. The van der Waals surface area contributed by atoms with Crippen molar-refractivity contribution in [2.45, 2.75) is 55.4 Å². The van der Waals surface area contributed by atoms with E-state index in [0.29, 0.717) is 6.42 Å². The van der Waals surface area contributed by atoms with Crippen LogP contribution < -0.4 is 5.32 Å². The summed E-state index contributed by atoms with van der Waals surface area (Å²) >= 11 is 0. The second kappa shape index (κ2) is 9.31. The Morgan fingerprint density at radius 2 is 1.76 bits per heavy atom. The predicted octanol–water partition coefficient (Wildman–Crippen LogP) is 4.60. The Kier molecular flexibility index (Phi) is 6.42. The van der Waals surface area contributed by atoms with E-state index in [-0.39, 0.29) is 44.0 Å². The number of alkyl halides is 3. The van der Waals surface area contributed by atoms with E-state index >= 15 is 0 Å². The van der Waals surface area contributed by atoms with Gasteiger partial charge < -0.3 is 19.7 Å². The van der Waals surface area contributed by atoms with Crippen molar-refractivity contribution in [3.63, 3.8) is 0 Å². The number of carbonyl (C=O) groups is 2. The van der Waals surface area contributed by atoms with E-state index in [1.54, 1.807) is 18.2 Å². The molecule has 2 heterocycles. The van der Waals surface area contributed by atoms with Gasteiger partial charge in [-0.15, -0.1) is 0 Å². The number of carbonyl (C=O) groups excluding carboxylic acids is 2. The van der Waals surface area contributed by atoms with Crippen molar-refractivity contribution in [1.29, 1.82) is 0 Å². The van der Waals surface area contributed by atoms with Crippen molar-refractivity contribution in [2.24, 2.45) is 0 Å². The molecule has 2 aromatic carbocycles. The van der Waals surface area contributed by atoms with Crippen molar-refractivity contribution < 1.29 is 36.6 Å². The van der Waals surface area contributed by atoms with Crippen LogP contribution in [0.4, 0.5) is 22.4 Å². The first-order valence-corrected chi connectivity index (χ1v) is 12.4. The normalized spacial score (nSPS) is 22.7. The van der Waals surface area contributed by atoms with Crippen LogP contribution in [-0.2, 0) is 32.7 Å². The molecule has 198 valence electrons. The highest BCUT2D eigenvalue weighted by Gasteiger charge is 2.64. The number of nitrogens with one attached hydrogen (secondary N) is 1. The summed E-state index contributed by atoms with van der Waals surface area (Å²) in [7, 11) is 0.906. The van der Waals surface area contributed by atoms with Gasteiger partial charge in [0.05, 0.1) is 0 Å². The maximum absolute atomic E-state index is 14.7. The van der Waals surface area contributed by atoms with Gasteiger partial charge in [-0.25, -0.2) is 9.18 Å². The van der Waals surface area contributed by atoms with Crippen LogP contribution >= 0.6 is 0 Å². The zero-order valence-corrected chi connectivity index (χ0v) is 20.4. The smallest absolute Gasteiger partial charge is 0.430 e. The fraction of sp³-hybridized carbons (Fsp3) is 0.481. The molecule has 0 bridgehead atoms. The van der Waals surface area contributed by atoms with Crippen LogP contribution in [0, 0.1) is 5.82 Å². The van der Waals surface area contributed by atoms with E-state index in [9.17, 15) is 27.2 Å². The number of fused-ring (bicyclic) bond motifs is 1. The van der Waals surface area contributed by atoms with Crippen LogP contribution in [0.5, 0.6) is 0 Å². The Morgan fingerprint density at radius 1 is 1.08 bits per heavy atom. The lowest BCUT2D eigenvalue weighted by Crippen LogP contribution is -2.62. The summed E-state index contributed by atoms with van der Waals surface area (Å²) in [5.41, 5.74) is -1.87. The number of amides is 2. The molecular formula is C27H28F4N2O4. The number of likely N-dealkylation sites (tertiary alicyclic amines) is 1. The number of methoxy groups -OCH3 is 1. The third kappa shape index (κ3) is 4.24. The lowest BCUT2D eigenvalue weighted by atomic mass is 9.74. The Labute approximate surface area is 211 Å². The van der Waals surface area contributed by atoms with Gasteiger partial charge in [0.15, 0.2) is 0 Å². The quantitative estimate of drug-likeness (QED) is 0.599. The molecule has 3 aliphatic rings. The average Bonchev–Trinajstić information content (AvgIpc) is 3.33. The molecule has 1 N–H and O–H groups in total. The molecule has 6 nitrogen and oxygen atoms in total. The van der Waals surface area contributed by atoms with Gasteiger partial charge in [0.2, 0.25) is 0 Å². The molecule has 0 unspecified atom stereocenters. The summed E-state index contributed by atoms with van der Waals surface area (Å²) < 4.78 is 68.2. The molecule has 2 aromatic rings. The number of hydrogen-bond donors (Lipinski definition) is 1. The van der Waals surface area contributed by atoms with Crippen molar-refractivity contribution in [3.05, 3.63) is 70.5 Å². The van der Waals surface area contributed by atoms with Crippen LogP contribution in [0.25, 0.3) is 0 Å². The van der Waals surface area contributed by atoms with Crippen LogP contribution in [0.3, 0.4) is 0 Å². The number of alkyl carbamates (subject to hydrolysis) is 1. The Hall–Kier alpha value is -3.14. The zero-order chi connectivity index (χ0) is 26.4. The average molecular weight is 521 g/mol. The Morgan fingerprint density at radius 3 is 2.41 bits per heavy atom. The highest BCUT2D eigenvalue weighted by atomic mass is 19.4. The van der Waals surface area contributed by atoms with E-state index in [1.807, 2.05) is 0 Å². The van der Waals surface area contributed by atoms with Crippen molar-refractivity contribution in [2.75, 3.05) is 26.7 Å². The highest BCUT2D eigenvalue weighted by molar-refractivity contribution is 5.88. The first kappa shape index (κ1) is 25.5. The SMILES string of the molecule is CO[C@](C(=O)N1CCC2(CC1)OC(=O)NC[C@H]2c1ccc(F)cc1)(c1ccc2c(c1)CCC2)C(F)(F)F. The second-order valence-electron chi connectivity index (χ2n) is 9.95. The molecule has 2 amide bonds. The third-order valence-corrected chi connectivity index (χ3v) is 8.06. The Balaban J connectivity index is 1.43. The van der Waals surface area contributed by atoms with Gasteiger partial charge in [-0.05, 0) is 48.1 Å². The van der Waals surface area contributed by atoms with E-state index in [4.69, 9.17) is 9.47 Å². The van der Waals surface area contributed by atoms with Crippen LogP contribution in [0.15, 0.2) is 42.5 Å². The molecule has 2 aliphatic heterocycles. The summed E-state index contributed by atoms with van der Waals surface area (Å²) in [6.07, 6.45) is -3.05. The number of hydrogen-bond acceptors (Lipinski definition) is 4. The molecular weight excluding hydrogens is 492 g/mol. The topological polar surface area (TPSA) is 67.9 Å². The molecule has 5 rings (SSSR count). The molecule has 37 heavy (non-hydrogen) atoms. The maximum Gasteiger partial charge on any atom is 0.430 e. The molecule has 1 aliphatic carbocycles. The first-order valence-electron chi connectivity index (χ1n) is 12.4. The number of halogens is 4. The van der Waals surface area contributed by atoms with Crippen molar-refractivity contribution in [1.82, 2.24) is 10.2 Å². The second-order valence-corrected chi connectivity index (χ2v) is 9.95. The summed E-state index contributed by atoms with van der Waals surface area (Å²) in [5, 5.41) is 2.64. The lowest BCUT2D eigenvalue weighted by molar-refractivity contribution is -0.271. The van der Waals surface area contributed by atoms with Gasteiger partial charge in [-0.2, -0.15) is 13.2 Å². The van der Waals surface area contributed by atoms with E-state index in [1.165, 1.54) is 24.3 Å². The van der Waals surface area contributed by atoms with Crippen LogP contribution in [-0.4, -0.2) is 55.4 Å². The standard InChI is InChI=1S/C27H28F4N2O4/c1-36-26(27(29,30)31,20-8-5-17-3-2-4-19(17)15-20)23(34)33-13-11-25(12-14-33)22(16-32-24(35)37-25)18-6-9-21(28)10-7-18/h5-10,15,22H,2-4,11-14,16H2,1H3,(H,32,35)/t22-,26-/m0/s1. The molecule has 0 saturated carbocycles. The highest BCUT2D eigenvalue weighted by Crippen LogP contribution is 2.47. The van der Waals surface area contributed by atoms with Gasteiger partial charge in [-0.1, -0.05) is 30.3 Å². The number of piperidine rings is 1. The third-order valence-electron chi connectivity index (χ3n) is 8.06. The zero-order valence-electron chi connectivity index (χ0n) is 20.4. The van der Waals surface area contributed by atoms with Crippen molar-refractivity contribution in [3.8, 4) is 0 Å². The van der Waals surface area contributed by atoms with Crippen LogP contribution in [0.1, 0.15) is 47.4 Å². The fourth-order valence-electron chi connectivity index (χ4n) is 6.06. The van der Waals surface area contributed by atoms with E-state index in [0.717, 1.165) is 41.5 Å². The minimum atomic E-state index is -5.00. The van der Waals surface area contributed by atoms with Gasteiger partial charge >= 0.3 is 12.3 Å². The number of rotatable bonds is 4. The summed E-state index contributed by atoms with van der Waals surface area (Å²) in [6, 6.07) is 10.3. The van der Waals surface area contributed by atoms with Gasteiger partial charge in [0, 0.05) is 51.1 Å². The monoisotopic (exact) mass is 520 g/mol. The largest absolute Gasteiger partial charge is 0.442 e. The van der Waals surface area contributed by atoms with E-state index < -0.39 is 35.2 Å². The number of benzene rings is 2. The lowest BCUT2D eigenvalue weighted by Gasteiger charge is -2.49. The number of nitrogens with zero attached hydrogens (tertiary/aromatic N) is 1. The van der Waals surface area contributed by atoms with E-state index in [2.05, 4.69) is 5.32 Å². The molecule has 2 saturated heterocycles. The van der Waals surface area contributed by atoms with Gasteiger partial charge in [0.1, 0.15) is 11.4 Å². The summed E-state index contributed by atoms with van der Waals surface area (Å²) in [4.78, 5) is 26.9. The molecule has 2 atom stereocenters.